The van der Waals surface area contributed by atoms with Gasteiger partial charge in [-0.3, -0.25) is 0 Å². The Morgan fingerprint density at radius 3 is 2.11 bits per heavy atom. The van der Waals surface area contributed by atoms with Gasteiger partial charge >= 0.3 is 0 Å². The van der Waals surface area contributed by atoms with E-state index in [0.717, 1.165) is 15.0 Å². The predicted octanol–water partition coefficient (Wildman–Crippen LogP) is 1.15. The van der Waals surface area contributed by atoms with Gasteiger partial charge in [0.25, 0.3) is 22.1 Å². The Morgan fingerprint density at radius 1 is 0.833 bits per heavy atom. The number of nitrogens with two attached hydrogens (primary N) is 1. The standard InChI is InChI=1S/C13H11N3O2/c1-8-2-4-10-12(6-8)16(18)13-7-9(14)3-5-11(13)15(10)17/h2-7H,14H2,1H3. The Bertz CT molecular complexity index is 721. The summed E-state index contributed by atoms with van der Waals surface area (Å²) < 4.78 is 1.51. The minimum Gasteiger partial charge on any atom is -0.617 e. The lowest BCUT2D eigenvalue weighted by molar-refractivity contribution is -0.591. The molecule has 2 aromatic carbocycles. The highest BCUT2D eigenvalue weighted by Gasteiger charge is 2.20. The molecule has 90 valence electrons. The number of hydrogen-bond acceptors (Lipinski definition) is 3. The molecule has 3 rings (SSSR count). The van der Waals surface area contributed by atoms with Crippen molar-refractivity contribution in [2.45, 2.75) is 6.92 Å². The van der Waals surface area contributed by atoms with E-state index in [2.05, 4.69) is 0 Å². The Hall–Kier alpha value is -2.56. The lowest BCUT2D eigenvalue weighted by Crippen LogP contribution is -2.39. The number of anilines is 1. The first-order valence-electron chi connectivity index (χ1n) is 5.52. The molecular weight excluding hydrogens is 230 g/mol. The van der Waals surface area contributed by atoms with Crippen LogP contribution < -0.4 is 15.2 Å². The third kappa shape index (κ3) is 1.34. The van der Waals surface area contributed by atoms with Crippen molar-refractivity contribution >= 4 is 27.8 Å². The molecule has 0 aliphatic heterocycles. The first-order valence-corrected chi connectivity index (χ1v) is 5.52. The van der Waals surface area contributed by atoms with Crippen LogP contribution in [0, 0.1) is 17.3 Å². The molecular formula is C13H11N3O2. The van der Waals surface area contributed by atoms with E-state index in [-0.39, 0.29) is 5.52 Å². The summed E-state index contributed by atoms with van der Waals surface area (Å²) in [6, 6.07) is 9.84. The van der Waals surface area contributed by atoms with Gasteiger partial charge in [-0.2, -0.15) is 9.46 Å². The van der Waals surface area contributed by atoms with Crippen LogP contribution in [0.2, 0.25) is 0 Å². The molecule has 0 fully saturated rings. The first kappa shape index (κ1) is 10.6. The highest BCUT2D eigenvalue weighted by Crippen LogP contribution is 2.16. The van der Waals surface area contributed by atoms with Crippen LogP contribution in [0.5, 0.6) is 0 Å². The molecule has 5 nitrogen and oxygen atoms in total. The fourth-order valence-corrected chi connectivity index (χ4v) is 2.10. The Labute approximate surface area is 103 Å². The lowest BCUT2D eigenvalue weighted by Gasteiger charge is -2.08. The average molecular weight is 241 g/mol. The van der Waals surface area contributed by atoms with Crippen LogP contribution in [-0.2, 0) is 0 Å². The van der Waals surface area contributed by atoms with Crippen molar-refractivity contribution < 1.29 is 9.46 Å². The fraction of sp³-hybridized carbons (Fsp3) is 0.0769. The second-order valence-electron chi connectivity index (χ2n) is 4.33. The van der Waals surface area contributed by atoms with Crippen molar-refractivity contribution in [1.82, 2.24) is 0 Å². The van der Waals surface area contributed by atoms with Gasteiger partial charge in [0.1, 0.15) is 0 Å². The second-order valence-corrected chi connectivity index (χ2v) is 4.33. The van der Waals surface area contributed by atoms with Crippen molar-refractivity contribution in [1.29, 1.82) is 0 Å². The van der Waals surface area contributed by atoms with E-state index in [1.165, 1.54) is 6.07 Å². The van der Waals surface area contributed by atoms with Crippen LogP contribution in [0.25, 0.3) is 22.1 Å². The van der Waals surface area contributed by atoms with Crippen LogP contribution in [-0.4, -0.2) is 0 Å². The number of aryl methyl sites for hydroxylation is 1. The molecule has 0 radical (unpaired) electrons. The maximum atomic E-state index is 12.3. The van der Waals surface area contributed by atoms with Crippen LogP contribution in [0.3, 0.4) is 0 Å². The summed E-state index contributed by atoms with van der Waals surface area (Å²) in [7, 11) is 0. The SMILES string of the molecule is Cc1ccc2c(c1)[n+]([O-])c1cc(N)ccc1[n+]2[O-]. The minimum absolute atomic E-state index is 0.281. The Kier molecular flexibility index (Phi) is 2.04. The van der Waals surface area contributed by atoms with Gasteiger partial charge in [0.15, 0.2) is 0 Å². The van der Waals surface area contributed by atoms with Crippen molar-refractivity contribution in [3.8, 4) is 0 Å². The monoisotopic (exact) mass is 241 g/mol. The third-order valence-electron chi connectivity index (χ3n) is 3.01. The van der Waals surface area contributed by atoms with Crippen molar-refractivity contribution in [2.24, 2.45) is 0 Å². The summed E-state index contributed by atoms with van der Waals surface area (Å²) in [5.74, 6) is 0. The number of benzene rings is 2. The molecule has 0 unspecified atom stereocenters. The molecule has 3 aromatic rings. The fourth-order valence-electron chi connectivity index (χ4n) is 2.10. The summed E-state index contributed by atoms with van der Waals surface area (Å²) in [6.07, 6.45) is 0. The molecule has 5 heteroatoms. The van der Waals surface area contributed by atoms with E-state index in [1.807, 2.05) is 6.92 Å². The topological polar surface area (TPSA) is 79.9 Å². The molecule has 18 heavy (non-hydrogen) atoms. The van der Waals surface area contributed by atoms with Crippen LogP contribution in [0.1, 0.15) is 5.56 Å². The van der Waals surface area contributed by atoms with Crippen molar-refractivity contribution in [3.05, 3.63) is 52.4 Å². The summed E-state index contributed by atoms with van der Waals surface area (Å²) >= 11 is 0. The third-order valence-corrected chi connectivity index (χ3v) is 3.01. The molecule has 0 saturated heterocycles. The van der Waals surface area contributed by atoms with Crippen LogP contribution >= 0.6 is 0 Å². The highest BCUT2D eigenvalue weighted by molar-refractivity contribution is 5.79. The van der Waals surface area contributed by atoms with Crippen LogP contribution in [0.15, 0.2) is 36.4 Å². The smallest absolute Gasteiger partial charge is 0.292 e. The molecule has 0 bridgehead atoms. The summed E-state index contributed by atoms with van der Waals surface area (Å²) in [4.78, 5) is 0. The lowest BCUT2D eigenvalue weighted by atomic mass is 10.2. The molecule has 0 aliphatic rings. The Balaban J connectivity index is 2.61. The molecule has 1 aromatic heterocycles. The number of hydrogen-bond donors (Lipinski definition) is 1. The summed E-state index contributed by atoms with van der Waals surface area (Å²) in [5, 5.41) is 24.4. The van der Waals surface area contributed by atoms with Gasteiger partial charge < -0.3 is 16.1 Å². The number of fused-ring (bicyclic) bond motifs is 2. The second kappa shape index (κ2) is 3.46. The number of nitrogens with zero attached hydrogens (tertiary/aromatic N) is 2. The quantitative estimate of drug-likeness (QED) is 0.277. The largest absolute Gasteiger partial charge is 0.617 e. The van der Waals surface area contributed by atoms with E-state index in [4.69, 9.17) is 5.73 Å². The van der Waals surface area contributed by atoms with Crippen LogP contribution in [0.4, 0.5) is 5.69 Å². The number of rotatable bonds is 0. The molecule has 0 atom stereocenters. The molecule has 0 amide bonds. The van der Waals surface area contributed by atoms with E-state index in [0.29, 0.717) is 22.2 Å². The molecule has 0 saturated carbocycles. The maximum Gasteiger partial charge on any atom is 0.292 e. The molecule has 2 N–H and O–H groups in total. The zero-order valence-electron chi connectivity index (χ0n) is 9.75. The predicted molar refractivity (Wildman–Crippen MR) is 68.5 cm³/mol. The van der Waals surface area contributed by atoms with Gasteiger partial charge in [0, 0.05) is 30.0 Å². The zero-order chi connectivity index (χ0) is 12.9. The highest BCUT2D eigenvalue weighted by atomic mass is 16.5. The van der Waals surface area contributed by atoms with Gasteiger partial charge in [-0.05, 0) is 18.6 Å². The first-order chi connectivity index (χ1) is 8.58. The van der Waals surface area contributed by atoms with Gasteiger partial charge in [-0.1, -0.05) is 6.07 Å². The van der Waals surface area contributed by atoms with Crippen molar-refractivity contribution in [3.63, 3.8) is 0 Å². The van der Waals surface area contributed by atoms with Gasteiger partial charge in [0.05, 0.1) is 0 Å². The van der Waals surface area contributed by atoms with Crippen molar-refractivity contribution in [2.75, 3.05) is 5.73 Å². The molecule has 1 heterocycles. The number of nitrogen functional groups attached to an aromatic ring is 1. The summed E-state index contributed by atoms with van der Waals surface area (Å²) in [6.45, 7) is 1.87. The van der Waals surface area contributed by atoms with Gasteiger partial charge in [-0.15, -0.1) is 0 Å². The van der Waals surface area contributed by atoms with E-state index in [9.17, 15) is 10.4 Å². The van der Waals surface area contributed by atoms with E-state index < -0.39 is 0 Å². The average Bonchev–Trinajstić information content (AvgIpc) is 2.35. The zero-order valence-corrected chi connectivity index (χ0v) is 9.75. The number of aromatic nitrogens is 2. The summed E-state index contributed by atoms with van der Waals surface area (Å²) in [5.41, 5.74) is 8.34. The maximum absolute atomic E-state index is 12.3. The minimum atomic E-state index is 0.281. The van der Waals surface area contributed by atoms with Gasteiger partial charge in [0.2, 0.25) is 0 Å². The van der Waals surface area contributed by atoms with E-state index >= 15 is 0 Å². The van der Waals surface area contributed by atoms with E-state index in [1.54, 1.807) is 30.3 Å². The molecule has 0 spiro atoms. The van der Waals surface area contributed by atoms with Gasteiger partial charge in [-0.25, -0.2) is 0 Å². The Morgan fingerprint density at radius 2 is 1.39 bits per heavy atom. The molecule has 0 aliphatic carbocycles. The normalized spacial score (nSPS) is 11.2.